The van der Waals surface area contributed by atoms with Gasteiger partial charge >= 0.3 is 0 Å². The van der Waals surface area contributed by atoms with Crippen molar-refractivity contribution in [3.05, 3.63) is 0 Å². The highest BCUT2D eigenvalue weighted by Gasteiger charge is 2.46. The van der Waals surface area contributed by atoms with E-state index >= 15 is 8.78 Å². The van der Waals surface area contributed by atoms with Crippen molar-refractivity contribution in [2.45, 2.75) is 148 Å². The molecule has 1 nitrogen and oxygen atoms in total. The van der Waals surface area contributed by atoms with Crippen molar-refractivity contribution < 1.29 is 17.9 Å². The lowest BCUT2D eigenvalue weighted by Gasteiger charge is -2.44. The van der Waals surface area contributed by atoms with Crippen LogP contribution in [0.4, 0.5) is 13.2 Å². The van der Waals surface area contributed by atoms with Crippen LogP contribution in [0.3, 0.4) is 0 Å². The molecule has 4 aliphatic carbocycles. The summed E-state index contributed by atoms with van der Waals surface area (Å²) in [6.07, 6.45) is 14.2. The lowest BCUT2D eigenvalue weighted by Crippen LogP contribution is -2.45. The van der Waals surface area contributed by atoms with E-state index in [9.17, 15) is 4.39 Å². The molecule has 0 spiro atoms. The maximum Gasteiger partial charge on any atom is 0.134 e. The van der Waals surface area contributed by atoms with Crippen LogP contribution in [-0.4, -0.2) is 31.2 Å². The molecular weight excluding hydrogens is 445 g/mol. The molecule has 0 bridgehead atoms. The second-order valence-electron chi connectivity index (χ2n) is 13.0. The lowest BCUT2D eigenvalue weighted by atomic mass is 9.63. The van der Waals surface area contributed by atoms with E-state index in [-0.39, 0.29) is 17.9 Å². The smallest absolute Gasteiger partial charge is 0.134 e. The summed E-state index contributed by atoms with van der Waals surface area (Å²) in [6.45, 7) is 5.10. The zero-order chi connectivity index (χ0) is 24.8. The number of unbranched alkanes of at least 4 members (excludes halogenated alkanes) is 1. The van der Waals surface area contributed by atoms with E-state index < -0.39 is 18.5 Å². The standard InChI is InChI=1S/C31H53F3O/c1-3-5-6-22-11-18-29(28(32)19-22)35-20-23-9-14-25(15-10-23)27-17-16-26(30(33)31(27)34)24-12-7-21(4-2)8-13-24/h21-31H,3-20H2,1-2H3/t21?,22?,23?,24?,25?,26?,27?,28?,29?,30-,31?/m1/s1. The molecule has 35 heavy (non-hydrogen) atoms. The van der Waals surface area contributed by atoms with Gasteiger partial charge in [-0.1, -0.05) is 52.4 Å². The van der Waals surface area contributed by atoms with Gasteiger partial charge in [0.15, 0.2) is 0 Å². The second kappa shape index (κ2) is 13.5. The molecule has 0 amide bonds. The van der Waals surface area contributed by atoms with Gasteiger partial charge in [-0.2, -0.15) is 0 Å². The Hall–Kier alpha value is -0.250. The number of ether oxygens (including phenoxy) is 1. The zero-order valence-corrected chi connectivity index (χ0v) is 22.6. The Morgan fingerprint density at radius 3 is 1.69 bits per heavy atom. The van der Waals surface area contributed by atoms with Gasteiger partial charge in [-0.25, -0.2) is 13.2 Å². The van der Waals surface area contributed by atoms with Crippen molar-refractivity contribution in [1.29, 1.82) is 0 Å². The Kier molecular flexibility index (Phi) is 10.7. The summed E-state index contributed by atoms with van der Waals surface area (Å²) < 4.78 is 51.4. The predicted molar refractivity (Wildman–Crippen MR) is 139 cm³/mol. The number of alkyl halides is 3. The Labute approximate surface area is 213 Å². The molecule has 4 saturated carbocycles. The average Bonchev–Trinajstić information content (AvgIpc) is 2.89. The number of hydrogen-bond donors (Lipinski definition) is 0. The highest BCUT2D eigenvalue weighted by Crippen LogP contribution is 2.48. The highest BCUT2D eigenvalue weighted by molar-refractivity contribution is 4.95. The Bertz CT molecular complexity index is 598. The molecule has 6 unspecified atom stereocenters. The van der Waals surface area contributed by atoms with Crippen LogP contribution >= 0.6 is 0 Å². The van der Waals surface area contributed by atoms with Gasteiger partial charge in [-0.3, -0.25) is 0 Å². The van der Waals surface area contributed by atoms with Gasteiger partial charge in [-0.05, 0) is 112 Å². The van der Waals surface area contributed by atoms with E-state index in [1.54, 1.807) is 0 Å². The summed E-state index contributed by atoms with van der Waals surface area (Å²) in [6, 6.07) is 0. The molecule has 4 aliphatic rings. The molecule has 0 aliphatic heterocycles. The molecule has 0 aromatic heterocycles. The molecule has 0 radical (unpaired) electrons. The quantitative estimate of drug-likeness (QED) is 0.308. The SMILES string of the molecule is CCCCC1CCC(OCC2CCC(C3CCC(C4CCC(CC)CC4)[C@@H](F)C3F)CC2)C(F)C1. The van der Waals surface area contributed by atoms with Crippen LogP contribution in [-0.2, 0) is 4.74 Å². The molecule has 0 aromatic carbocycles. The molecule has 7 atom stereocenters. The summed E-state index contributed by atoms with van der Waals surface area (Å²) in [5, 5.41) is 0. The van der Waals surface area contributed by atoms with E-state index in [1.807, 2.05) is 0 Å². The van der Waals surface area contributed by atoms with E-state index in [0.29, 0.717) is 36.7 Å². The Morgan fingerprint density at radius 1 is 0.629 bits per heavy atom. The molecular formula is C31H53F3O. The van der Waals surface area contributed by atoms with Gasteiger partial charge < -0.3 is 4.74 Å². The van der Waals surface area contributed by atoms with Crippen LogP contribution in [0.2, 0.25) is 0 Å². The van der Waals surface area contributed by atoms with Crippen LogP contribution in [0.25, 0.3) is 0 Å². The molecule has 0 N–H and O–H groups in total. The van der Waals surface area contributed by atoms with E-state index in [4.69, 9.17) is 4.74 Å². The minimum absolute atomic E-state index is 0.0468. The Morgan fingerprint density at radius 2 is 1.17 bits per heavy atom. The first-order chi connectivity index (χ1) is 17.0. The van der Waals surface area contributed by atoms with Crippen molar-refractivity contribution in [3.8, 4) is 0 Å². The number of hydrogen-bond acceptors (Lipinski definition) is 1. The second-order valence-corrected chi connectivity index (χ2v) is 13.0. The summed E-state index contributed by atoms with van der Waals surface area (Å²) in [4.78, 5) is 0. The van der Waals surface area contributed by atoms with E-state index in [2.05, 4.69) is 13.8 Å². The van der Waals surface area contributed by atoms with E-state index in [0.717, 1.165) is 76.5 Å². The third-order valence-electron chi connectivity index (χ3n) is 10.9. The fourth-order valence-electron chi connectivity index (χ4n) is 8.35. The third-order valence-corrected chi connectivity index (χ3v) is 10.9. The minimum atomic E-state index is -1.27. The van der Waals surface area contributed by atoms with Gasteiger partial charge in [0.1, 0.15) is 18.5 Å². The summed E-state index contributed by atoms with van der Waals surface area (Å²) in [5.41, 5.74) is 0. The maximum atomic E-state index is 15.4. The fourth-order valence-corrected chi connectivity index (χ4v) is 8.35. The highest BCUT2D eigenvalue weighted by atomic mass is 19.2. The fraction of sp³-hybridized carbons (Fsp3) is 1.00. The predicted octanol–water partition coefficient (Wildman–Crippen LogP) is 9.43. The summed E-state index contributed by atoms with van der Waals surface area (Å²) in [7, 11) is 0. The molecule has 0 heterocycles. The number of rotatable bonds is 9. The van der Waals surface area contributed by atoms with Gasteiger partial charge in [0.2, 0.25) is 0 Å². The summed E-state index contributed by atoms with van der Waals surface area (Å²) >= 11 is 0. The first kappa shape index (κ1) is 27.8. The van der Waals surface area contributed by atoms with Gasteiger partial charge in [0.05, 0.1) is 6.10 Å². The van der Waals surface area contributed by atoms with Gasteiger partial charge in [-0.15, -0.1) is 0 Å². The molecule has 0 saturated heterocycles. The van der Waals surface area contributed by atoms with E-state index in [1.165, 1.54) is 32.1 Å². The Balaban J connectivity index is 1.16. The van der Waals surface area contributed by atoms with Crippen LogP contribution < -0.4 is 0 Å². The minimum Gasteiger partial charge on any atom is -0.375 e. The van der Waals surface area contributed by atoms with Crippen molar-refractivity contribution in [3.63, 3.8) is 0 Å². The first-order valence-corrected chi connectivity index (χ1v) is 15.5. The van der Waals surface area contributed by atoms with Crippen molar-refractivity contribution in [2.75, 3.05) is 6.61 Å². The maximum absolute atomic E-state index is 15.4. The third kappa shape index (κ3) is 7.20. The van der Waals surface area contributed by atoms with Crippen molar-refractivity contribution in [2.24, 2.45) is 41.4 Å². The van der Waals surface area contributed by atoms with Crippen molar-refractivity contribution in [1.82, 2.24) is 0 Å². The monoisotopic (exact) mass is 498 g/mol. The van der Waals surface area contributed by atoms with Crippen LogP contribution in [0.1, 0.15) is 123 Å². The zero-order valence-electron chi connectivity index (χ0n) is 22.6. The summed E-state index contributed by atoms with van der Waals surface area (Å²) in [5.74, 6) is 2.38. The topological polar surface area (TPSA) is 9.23 Å². The van der Waals surface area contributed by atoms with Gasteiger partial charge in [0, 0.05) is 6.61 Å². The molecule has 4 fully saturated rings. The average molecular weight is 499 g/mol. The van der Waals surface area contributed by atoms with Crippen LogP contribution in [0.5, 0.6) is 0 Å². The lowest BCUT2D eigenvalue weighted by molar-refractivity contribution is -0.0623. The van der Waals surface area contributed by atoms with Crippen LogP contribution in [0.15, 0.2) is 0 Å². The first-order valence-electron chi connectivity index (χ1n) is 15.5. The van der Waals surface area contributed by atoms with Crippen molar-refractivity contribution >= 4 is 0 Å². The largest absolute Gasteiger partial charge is 0.375 e. The molecule has 4 rings (SSSR count). The molecule has 4 heteroatoms. The molecule has 0 aromatic rings. The van der Waals surface area contributed by atoms with Gasteiger partial charge in [0.25, 0.3) is 0 Å². The number of halogens is 3. The van der Waals surface area contributed by atoms with Crippen LogP contribution in [0, 0.1) is 41.4 Å². The normalized spacial score (nSPS) is 45.3. The molecule has 204 valence electrons.